The number of carbonyl (C=O) groups excluding carboxylic acids is 1. The number of amides is 1. The van der Waals surface area contributed by atoms with E-state index in [1.54, 1.807) is 22.9 Å². The molecule has 2 aromatic heterocycles. The Hall–Kier alpha value is -3.53. The number of anilines is 3. The van der Waals surface area contributed by atoms with Gasteiger partial charge in [-0.3, -0.25) is 4.79 Å². The van der Waals surface area contributed by atoms with Crippen LogP contribution in [0.4, 0.5) is 26.1 Å². The molecule has 0 bridgehead atoms. The van der Waals surface area contributed by atoms with E-state index in [-0.39, 0.29) is 18.0 Å². The molecule has 2 fully saturated rings. The largest absolute Gasteiger partial charge is 0.373 e. The number of aliphatic hydroxyl groups is 1. The van der Waals surface area contributed by atoms with Crippen LogP contribution in [0.5, 0.6) is 0 Å². The molecule has 1 unspecified atom stereocenters. The Bertz CT molecular complexity index is 1190. The van der Waals surface area contributed by atoms with E-state index in [9.17, 15) is 18.7 Å². The number of aliphatic hydroxyl groups excluding tert-OH is 1. The molecule has 1 saturated carbocycles. The van der Waals surface area contributed by atoms with E-state index >= 15 is 0 Å². The van der Waals surface area contributed by atoms with Crippen molar-refractivity contribution in [2.75, 3.05) is 10.6 Å². The van der Waals surface area contributed by atoms with Gasteiger partial charge in [-0.25, -0.2) is 13.8 Å². The molecule has 8 nitrogen and oxygen atoms in total. The van der Waals surface area contributed by atoms with E-state index in [4.69, 9.17) is 0 Å². The third-order valence-corrected chi connectivity index (χ3v) is 4.98. The minimum Gasteiger partial charge on any atom is -0.373 e. The number of hydrogen-bond donors (Lipinski definition) is 4. The smallest absolute Gasteiger partial charge is 0.249 e. The molecule has 0 spiro atoms. The van der Waals surface area contributed by atoms with Gasteiger partial charge in [0.05, 0.1) is 11.9 Å². The lowest BCUT2D eigenvalue weighted by molar-refractivity contribution is -0.117. The van der Waals surface area contributed by atoms with Gasteiger partial charge in [0.2, 0.25) is 5.91 Å². The van der Waals surface area contributed by atoms with Crippen LogP contribution >= 0.6 is 0 Å². The average molecular weight is 412 g/mol. The zero-order valence-electron chi connectivity index (χ0n) is 15.7. The molecule has 1 amide bonds. The van der Waals surface area contributed by atoms with Crippen LogP contribution in [0.3, 0.4) is 0 Å². The summed E-state index contributed by atoms with van der Waals surface area (Å²) in [6, 6.07) is 5.85. The van der Waals surface area contributed by atoms with Crippen molar-refractivity contribution in [3.8, 4) is 0 Å². The molecule has 30 heavy (non-hydrogen) atoms. The predicted octanol–water partition coefficient (Wildman–Crippen LogP) is 2.55. The molecule has 1 aliphatic heterocycles. The normalized spacial score (nSPS) is 20.0. The molecule has 0 radical (unpaired) electrons. The van der Waals surface area contributed by atoms with Gasteiger partial charge >= 0.3 is 0 Å². The van der Waals surface area contributed by atoms with Crippen molar-refractivity contribution in [2.24, 2.45) is 0 Å². The van der Waals surface area contributed by atoms with Crippen molar-refractivity contribution in [2.45, 2.75) is 31.5 Å². The number of nitrogens with zero attached hydrogens (tertiary/aromatic N) is 3. The van der Waals surface area contributed by atoms with Crippen molar-refractivity contribution >= 4 is 35.0 Å². The predicted molar refractivity (Wildman–Crippen MR) is 106 cm³/mol. The molecule has 1 saturated heterocycles. The summed E-state index contributed by atoms with van der Waals surface area (Å²) in [7, 11) is 0. The third-order valence-electron chi connectivity index (χ3n) is 4.98. The standard InChI is InChI=1S/C20H18F2N6O2/c21-13-2-1-3-14(18(13)22)25-15-8-16(24-12-4-5-12)28-19(26-15)11(9-23-28)6-10-7-17(29)27-20(10)30/h1-3,6,8-9,12,17,24,29H,4-5,7H2,(H,25,26)(H,27,30)/b10-6+. The van der Waals surface area contributed by atoms with Crippen LogP contribution in [-0.2, 0) is 4.79 Å². The van der Waals surface area contributed by atoms with Crippen molar-refractivity contribution in [3.63, 3.8) is 0 Å². The third kappa shape index (κ3) is 3.45. The average Bonchev–Trinajstić information content (AvgIpc) is 3.34. The van der Waals surface area contributed by atoms with Crippen molar-refractivity contribution in [3.05, 3.63) is 53.2 Å². The first-order valence-corrected chi connectivity index (χ1v) is 9.54. The highest BCUT2D eigenvalue weighted by Gasteiger charge is 2.26. The summed E-state index contributed by atoms with van der Waals surface area (Å²) in [5.41, 5.74) is 1.37. The number of rotatable bonds is 5. The highest BCUT2D eigenvalue weighted by atomic mass is 19.2. The zero-order valence-corrected chi connectivity index (χ0v) is 15.7. The fourth-order valence-electron chi connectivity index (χ4n) is 3.33. The maximum absolute atomic E-state index is 14.1. The van der Waals surface area contributed by atoms with Crippen LogP contribution in [0.25, 0.3) is 11.7 Å². The second-order valence-corrected chi connectivity index (χ2v) is 7.37. The minimum atomic E-state index is -0.997. The van der Waals surface area contributed by atoms with E-state index in [0.717, 1.165) is 18.9 Å². The maximum Gasteiger partial charge on any atom is 0.249 e. The molecule has 154 valence electrons. The van der Waals surface area contributed by atoms with E-state index < -0.39 is 17.9 Å². The summed E-state index contributed by atoms with van der Waals surface area (Å²) in [5, 5.41) is 22.6. The molecule has 10 heteroatoms. The molecular weight excluding hydrogens is 394 g/mol. The molecule has 2 aliphatic rings. The Morgan fingerprint density at radius 1 is 1.30 bits per heavy atom. The summed E-state index contributed by atoms with van der Waals surface area (Å²) in [4.78, 5) is 16.5. The van der Waals surface area contributed by atoms with Gasteiger partial charge in [-0.1, -0.05) is 6.07 Å². The molecule has 1 atom stereocenters. The molecule has 3 heterocycles. The van der Waals surface area contributed by atoms with Crippen LogP contribution in [0.15, 0.2) is 36.0 Å². The van der Waals surface area contributed by atoms with Gasteiger partial charge in [-0.05, 0) is 31.1 Å². The van der Waals surface area contributed by atoms with E-state index in [1.165, 1.54) is 12.1 Å². The van der Waals surface area contributed by atoms with E-state index in [1.807, 2.05) is 0 Å². The number of fused-ring (bicyclic) bond motifs is 1. The Kier molecular flexibility index (Phi) is 4.35. The Labute approximate surface area is 169 Å². The minimum absolute atomic E-state index is 0.0399. The molecule has 1 aliphatic carbocycles. The molecule has 1 aromatic carbocycles. The summed E-state index contributed by atoms with van der Waals surface area (Å²) < 4.78 is 29.3. The Balaban J connectivity index is 1.58. The lowest BCUT2D eigenvalue weighted by Crippen LogP contribution is -2.24. The Morgan fingerprint density at radius 2 is 2.13 bits per heavy atom. The number of hydrogen-bond acceptors (Lipinski definition) is 6. The van der Waals surface area contributed by atoms with Crippen LogP contribution in [0.1, 0.15) is 24.8 Å². The first-order valence-electron chi connectivity index (χ1n) is 9.54. The lowest BCUT2D eigenvalue weighted by atomic mass is 10.1. The first-order chi connectivity index (χ1) is 14.5. The van der Waals surface area contributed by atoms with Gasteiger partial charge in [0.15, 0.2) is 17.3 Å². The second kappa shape index (κ2) is 7.06. The molecule has 3 aromatic rings. The maximum atomic E-state index is 14.1. The number of benzene rings is 1. The SMILES string of the molecule is O=C1NC(O)C/C1=C\c1cnn2c(NC3CC3)cc(Nc3cccc(F)c3F)nc12. The van der Waals surface area contributed by atoms with Crippen LogP contribution < -0.4 is 16.0 Å². The second-order valence-electron chi connectivity index (χ2n) is 7.37. The van der Waals surface area contributed by atoms with Crippen molar-refractivity contribution < 1.29 is 18.7 Å². The number of halogens is 2. The lowest BCUT2D eigenvalue weighted by Gasteiger charge is -2.12. The fourth-order valence-corrected chi connectivity index (χ4v) is 3.33. The topological polar surface area (TPSA) is 104 Å². The molecule has 4 N–H and O–H groups in total. The monoisotopic (exact) mass is 412 g/mol. The van der Waals surface area contributed by atoms with Crippen molar-refractivity contribution in [1.82, 2.24) is 19.9 Å². The van der Waals surface area contributed by atoms with Gasteiger partial charge in [-0.15, -0.1) is 0 Å². The zero-order chi connectivity index (χ0) is 20.8. The summed E-state index contributed by atoms with van der Waals surface area (Å²) in [5.74, 6) is -1.37. The van der Waals surface area contributed by atoms with Crippen molar-refractivity contribution in [1.29, 1.82) is 0 Å². The summed E-state index contributed by atoms with van der Waals surface area (Å²) in [6.07, 6.45) is 4.50. The van der Waals surface area contributed by atoms with E-state index in [2.05, 4.69) is 26.0 Å². The van der Waals surface area contributed by atoms with E-state index in [0.29, 0.717) is 34.5 Å². The van der Waals surface area contributed by atoms with Gasteiger partial charge < -0.3 is 21.1 Å². The molecular formula is C20H18F2N6O2. The fraction of sp³-hybridized carbons (Fsp3) is 0.250. The Morgan fingerprint density at radius 3 is 2.87 bits per heavy atom. The van der Waals surface area contributed by atoms with Gasteiger partial charge in [0.25, 0.3) is 0 Å². The number of aromatic nitrogens is 3. The van der Waals surface area contributed by atoms with Crippen LogP contribution in [0.2, 0.25) is 0 Å². The first kappa shape index (κ1) is 18.5. The quantitative estimate of drug-likeness (QED) is 0.481. The van der Waals surface area contributed by atoms with Gasteiger partial charge in [-0.2, -0.15) is 9.61 Å². The van der Waals surface area contributed by atoms with Gasteiger partial charge in [0.1, 0.15) is 17.9 Å². The molecule has 5 rings (SSSR count). The van der Waals surface area contributed by atoms with Gasteiger partial charge in [0, 0.05) is 29.7 Å². The van der Waals surface area contributed by atoms with Crippen LogP contribution in [0, 0.1) is 11.6 Å². The summed E-state index contributed by atoms with van der Waals surface area (Å²) >= 11 is 0. The number of carbonyl (C=O) groups is 1. The highest BCUT2D eigenvalue weighted by Crippen LogP contribution is 2.29. The van der Waals surface area contributed by atoms with Crippen LogP contribution in [-0.4, -0.2) is 37.9 Å². The highest BCUT2D eigenvalue weighted by molar-refractivity contribution is 6.00. The summed E-state index contributed by atoms with van der Waals surface area (Å²) in [6.45, 7) is 0. The number of nitrogens with one attached hydrogen (secondary N) is 3.